The first-order valence-electron chi connectivity index (χ1n) is 8.33. The van der Waals surface area contributed by atoms with Crippen LogP contribution in [0.2, 0.25) is 0 Å². The van der Waals surface area contributed by atoms with Crippen LogP contribution < -0.4 is 9.64 Å². The van der Waals surface area contributed by atoms with E-state index in [1.807, 2.05) is 18.5 Å². The second-order valence-corrected chi connectivity index (χ2v) is 6.21. The first-order chi connectivity index (χ1) is 11.3. The van der Waals surface area contributed by atoms with Crippen molar-refractivity contribution in [2.45, 2.75) is 19.4 Å². The molecule has 3 heterocycles. The summed E-state index contributed by atoms with van der Waals surface area (Å²) in [5.74, 6) is 1.91. The summed E-state index contributed by atoms with van der Waals surface area (Å²) in [6.45, 7) is 7.09. The van der Waals surface area contributed by atoms with Crippen LogP contribution in [0.1, 0.15) is 24.1 Å². The van der Waals surface area contributed by atoms with E-state index in [9.17, 15) is 0 Å². The first-order valence-corrected chi connectivity index (χ1v) is 8.33. The van der Waals surface area contributed by atoms with Crippen LogP contribution in [0.5, 0.6) is 5.75 Å². The topological polar surface area (TPSA) is 41.5 Å². The Morgan fingerprint density at radius 1 is 1.09 bits per heavy atom. The molecule has 0 amide bonds. The van der Waals surface area contributed by atoms with Crippen molar-refractivity contribution in [3.05, 3.63) is 47.8 Å². The molecule has 0 spiro atoms. The Balaban J connectivity index is 1.42. The molecule has 4 rings (SSSR count). The van der Waals surface area contributed by atoms with Crippen molar-refractivity contribution in [3.8, 4) is 5.75 Å². The summed E-state index contributed by atoms with van der Waals surface area (Å²) < 4.78 is 5.71. The summed E-state index contributed by atoms with van der Waals surface area (Å²) in [5.41, 5.74) is 2.68. The number of ether oxygens (including phenoxy) is 1. The lowest BCUT2D eigenvalue weighted by atomic mass is 10.0. The van der Waals surface area contributed by atoms with Crippen LogP contribution in [0.25, 0.3) is 0 Å². The monoisotopic (exact) mass is 310 g/mol. The summed E-state index contributed by atoms with van der Waals surface area (Å²) in [6.07, 6.45) is 4.66. The van der Waals surface area contributed by atoms with E-state index in [1.165, 1.54) is 11.1 Å². The number of aromatic nitrogens is 2. The molecule has 23 heavy (non-hydrogen) atoms. The lowest BCUT2D eigenvalue weighted by Gasteiger charge is -2.38. The summed E-state index contributed by atoms with van der Waals surface area (Å²) in [5, 5.41) is 0. The van der Waals surface area contributed by atoms with Crippen molar-refractivity contribution >= 4 is 5.95 Å². The average molecular weight is 310 g/mol. The predicted molar refractivity (Wildman–Crippen MR) is 89.9 cm³/mol. The molecule has 0 aliphatic carbocycles. The number of hydrogen-bond donors (Lipinski definition) is 0. The van der Waals surface area contributed by atoms with E-state index in [2.05, 4.69) is 44.9 Å². The SMILES string of the molecule is C[C@H](c1ccc2c(c1)OCC2)N1CCN(c2ncccn2)CC1. The third-order valence-electron chi connectivity index (χ3n) is 4.90. The fraction of sp³-hybridized carbons (Fsp3) is 0.444. The molecule has 1 aromatic heterocycles. The second kappa shape index (κ2) is 6.16. The van der Waals surface area contributed by atoms with E-state index < -0.39 is 0 Å². The lowest BCUT2D eigenvalue weighted by Crippen LogP contribution is -2.47. The van der Waals surface area contributed by atoms with Crippen LogP contribution in [0.3, 0.4) is 0 Å². The Kier molecular flexibility index (Phi) is 3.87. The van der Waals surface area contributed by atoms with E-state index >= 15 is 0 Å². The molecule has 0 unspecified atom stereocenters. The Morgan fingerprint density at radius 2 is 1.87 bits per heavy atom. The molecule has 1 fully saturated rings. The van der Waals surface area contributed by atoms with Crippen molar-refractivity contribution in [3.63, 3.8) is 0 Å². The molecule has 2 aliphatic heterocycles. The normalized spacial score (nSPS) is 19.3. The van der Waals surface area contributed by atoms with Crippen molar-refractivity contribution in [1.82, 2.24) is 14.9 Å². The Morgan fingerprint density at radius 3 is 2.65 bits per heavy atom. The summed E-state index contributed by atoms with van der Waals surface area (Å²) >= 11 is 0. The molecule has 2 aliphatic rings. The molecule has 1 atom stereocenters. The summed E-state index contributed by atoms with van der Waals surface area (Å²) in [6, 6.07) is 8.97. The highest BCUT2D eigenvalue weighted by Gasteiger charge is 2.24. The zero-order chi connectivity index (χ0) is 15.6. The van der Waals surface area contributed by atoms with Gasteiger partial charge in [-0.05, 0) is 30.2 Å². The van der Waals surface area contributed by atoms with E-state index in [1.54, 1.807) is 0 Å². The van der Waals surface area contributed by atoms with Gasteiger partial charge in [0.2, 0.25) is 5.95 Å². The van der Waals surface area contributed by atoms with Gasteiger partial charge in [-0.3, -0.25) is 4.90 Å². The number of anilines is 1. The molecule has 0 bridgehead atoms. The van der Waals surface area contributed by atoms with Crippen molar-refractivity contribution in [2.75, 3.05) is 37.7 Å². The number of benzene rings is 1. The molecule has 0 radical (unpaired) electrons. The van der Waals surface area contributed by atoms with Gasteiger partial charge >= 0.3 is 0 Å². The van der Waals surface area contributed by atoms with Crippen LogP contribution in [0.4, 0.5) is 5.95 Å². The van der Waals surface area contributed by atoms with Crippen LogP contribution in [-0.4, -0.2) is 47.7 Å². The Hall–Kier alpha value is -2.14. The van der Waals surface area contributed by atoms with Gasteiger partial charge in [0.15, 0.2) is 0 Å². The quantitative estimate of drug-likeness (QED) is 0.870. The van der Waals surface area contributed by atoms with E-state index in [-0.39, 0.29) is 0 Å². The number of hydrogen-bond acceptors (Lipinski definition) is 5. The van der Waals surface area contributed by atoms with Crippen molar-refractivity contribution < 1.29 is 4.74 Å². The standard InChI is InChI=1S/C18H22N4O/c1-14(16-4-3-15-5-12-23-17(15)13-16)21-8-10-22(11-9-21)18-19-6-2-7-20-18/h2-4,6-7,13-14H,5,8-12H2,1H3/t14-/m1/s1. The second-order valence-electron chi connectivity index (χ2n) is 6.21. The molecule has 1 saturated heterocycles. The number of piperazine rings is 1. The van der Waals surface area contributed by atoms with Crippen molar-refractivity contribution in [2.24, 2.45) is 0 Å². The van der Waals surface area contributed by atoms with Gasteiger partial charge < -0.3 is 9.64 Å². The third kappa shape index (κ3) is 2.88. The minimum absolute atomic E-state index is 0.406. The zero-order valence-electron chi connectivity index (χ0n) is 13.5. The Labute approximate surface area is 136 Å². The third-order valence-corrected chi connectivity index (χ3v) is 4.90. The summed E-state index contributed by atoms with van der Waals surface area (Å²) in [7, 11) is 0. The highest BCUT2D eigenvalue weighted by Crippen LogP contribution is 2.31. The minimum Gasteiger partial charge on any atom is -0.493 e. The molecular formula is C18H22N4O. The average Bonchev–Trinajstić information content (AvgIpc) is 3.10. The van der Waals surface area contributed by atoms with Gasteiger partial charge in [0.05, 0.1) is 6.61 Å². The largest absolute Gasteiger partial charge is 0.493 e. The summed E-state index contributed by atoms with van der Waals surface area (Å²) in [4.78, 5) is 13.5. The van der Waals surface area contributed by atoms with E-state index in [0.717, 1.165) is 50.9 Å². The van der Waals surface area contributed by atoms with Gasteiger partial charge in [0.1, 0.15) is 5.75 Å². The fourth-order valence-corrected chi connectivity index (χ4v) is 3.42. The number of fused-ring (bicyclic) bond motifs is 1. The number of nitrogens with zero attached hydrogens (tertiary/aromatic N) is 4. The molecule has 120 valence electrons. The molecule has 5 nitrogen and oxygen atoms in total. The van der Waals surface area contributed by atoms with Gasteiger partial charge in [-0.15, -0.1) is 0 Å². The van der Waals surface area contributed by atoms with Gasteiger partial charge in [0.25, 0.3) is 0 Å². The molecule has 5 heteroatoms. The molecule has 0 N–H and O–H groups in total. The van der Waals surface area contributed by atoms with Crippen LogP contribution in [-0.2, 0) is 6.42 Å². The maximum atomic E-state index is 5.71. The van der Waals surface area contributed by atoms with E-state index in [0.29, 0.717) is 6.04 Å². The maximum absolute atomic E-state index is 5.71. The van der Waals surface area contributed by atoms with Crippen LogP contribution >= 0.6 is 0 Å². The van der Waals surface area contributed by atoms with Crippen LogP contribution in [0.15, 0.2) is 36.7 Å². The van der Waals surface area contributed by atoms with Gasteiger partial charge in [-0.2, -0.15) is 0 Å². The fourth-order valence-electron chi connectivity index (χ4n) is 3.42. The Bertz CT molecular complexity index is 668. The van der Waals surface area contributed by atoms with E-state index in [4.69, 9.17) is 4.74 Å². The van der Waals surface area contributed by atoms with Gasteiger partial charge in [0, 0.05) is 51.0 Å². The predicted octanol–water partition coefficient (Wildman–Crippen LogP) is 2.29. The van der Waals surface area contributed by atoms with Gasteiger partial charge in [-0.25, -0.2) is 9.97 Å². The smallest absolute Gasteiger partial charge is 0.225 e. The minimum atomic E-state index is 0.406. The van der Waals surface area contributed by atoms with Crippen LogP contribution in [0, 0.1) is 0 Å². The highest BCUT2D eigenvalue weighted by atomic mass is 16.5. The van der Waals surface area contributed by atoms with Gasteiger partial charge in [-0.1, -0.05) is 12.1 Å². The van der Waals surface area contributed by atoms with Crippen molar-refractivity contribution in [1.29, 1.82) is 0 Å². The molecule has 0 saturated carbocycles. The first kappa shape index (κ1) is 14.5. The molecule has 2 aromatic rings. The zero-order valence-corrected chi connectivity index (χ0v) is 13.5. The highest BCUT2D eigenvalue weighted by molar-refractivity contribution is 5.41. The molecular weight excluding hydrogens is 288 g/mol. The maximum Gasteiger partial charge on any atom is 0.225 e. The molecule has 1 aromatic carbocycles. The number of rotatable bonds is 3. The lowest BCUT2D eigenvalue weighted by molar-refractivity contribution is 0.197.